The summed E-state index contributed by atoms with van der Waals surface area (Å²) >= 11 is 11.5. The summed E-state index contributed by atoms with van der Waals surface area (Å²) in [7, 11) is -6.18. The summed E-state index contributed by atoms with van der Waals surface area (Å²) in [5.74, 6) is -2.43. The summed E-state index contributed by atoms with van der Waals surface area (Å²) in [6.45, 7) is 0. The van der Waals surface area contributed by atoms with Crippen LogP contribution >= 0.6 is 23.2 Å². The second-order valence-corrected chi connectivity index (χ2v) is 7.89. The van der Waals surface area contributed by atoms with E-state index in [1.54, 1.807) is 0 Å². The number of sulfone groups is 1. The van der Waals surface area contributed by atoms with Crippen molar-refractivity contribution in [1.29, 1.82) is 0 Å². The molecular weight excluding hydrogens is 479 g/mol. The third-order valence-corrected chi connectivity index (χ3v) is 5.48. The van der Waals surface area contributed by atoms with Crippen LogP contribution in [0.1, 0.15) is 11.3 Å². The fourth-order valence-electron chi connectivity index (χ4n) is 2.11. The highest BCUT2D eigenvalue weighted by Gasteiger charge is 2.51. The molecule has 1 aromatic carbocycles. The molecule has 1 heterocycles. The van der Waals surface area contributed by atoms with E-state index >= 15 is 0 Å². The standard InChI is InChI=1S/C12H7Cl2F6N5O3S/c13-4-1-3(11(15,16)17)2-5(14)7(4)25-10(22)8(6(23-25)9(21)24-26)29(27,28)12(18,19)20/h1-2,26H,22H2,(H2,21,24). The number of nitrogen functional groups attached to an aromatic ring is 1. The van der Waals surface area contributed by atoms with E-state index in [9.17, 15) is 34.8 Å². The zero-order valence-electron chi connectivity index (χ0n) is 13.3. The van der Waals surface area contributed by atoms with Crippen LogP contribution < -0.4 is 11.5 Å². The van der Waals surface area contributed by atoms with E-state index in [0.29, 0.717) is 12.1 Å². The van der Waals surface area contributed by atoms with Gasteiger partial charge in [-0.15, -0.1) is 0 Å². The van der Waals surface area contributed by atoms with Crippen LogP contribution in [0.3, 0.4) is 0 Å². The lowest BCUT2D eigenvalue weighted by Gasteiger charge is -2.13. The molecule has 0 saturated carbocycles. The number of benzene rings is 1. The van der Waals surface area contributed by atoms with Gasteiger partial charge in [-0.2, -0.15) is 31.4 Å². The Morgan fingerprint density at radius 3 is 2.00 bits per heavy atom. The highest BCUT2D eigenvalue weighted by Crippen LogP contribution is 2.41. The lowest BCUT2D eigenvalue weighted by Crippen LogP contribution is -2.27. The maximum atomic E-state index is 13.0. The summed E-state index contributed by atoms with van der Waals surface area (Å²) < 4.78 is 101. The zero-order valence-corrected chi connectivity index (χ0v) is 15.7. The molecule has 0 bridgehead atoms. The van der Waals surface area contributed by atoms with Crippen molar-refractivity contribution in [3.63, 3.8) is 0 Å². The van der Waals surface area contributed by atoms with E-state index < -0.39 is 65.1 Å². The van der Waals surface area contributed by atoms with E-state index in [4.69, 9.17) is 39.9 Å². The van der Waals surface area contributed by atoms with Gasteiger partial charge < -0.3 is 16.7 Å². The Labute approximate surface area is 167 Å². The second kappa shape index (κ2) is 7.14. The van der Waals surface area contributed by atoms with Gasteiger partial charge in [0.1, 0.15) is 16.4 Å². The summed E-state index contributed by atoms with van der Waals surface area (Å²) in [6.07, 6.45) is -4.87. The highest BCUT2D eigenvalue weighted by molar-refractivity contribution is 7.92. The number of amidine groups is 1. The Balaban J connectivity index is 2.92. The fraction of sp³-hybridized carbons (Fsp3) is 0.167. The summed E-state index contributed by atoms with van der Waals surface area (Å²) in [5, 5.41) is 12.9. The van der Waals surface area contributed by atoms with Gasteiger partial charge in [-0.3, -0.25) is 0 Å². The van der Waals surface area contributed by atoms with Crippen LogP contribution in [0.15, 0.2) is 22.2 Å². The number of oxime groups is 1. The van der Waals surface area contributed by atoms with Crippen LogP contribution in [-0.4, -0.2) is 34.7 Å². The van der Waals surface area contributed by atoms with E-state index in [-0.39, 0.29) is 4.68 Å². The quantitative estimate of drug-likeness (QED) is 0.201. The first kappa shape index (κ1) is 22.9. The largest absolute Gasteiger partial charge is 0.502 e. The van der Waals surface area contributed by atoms with E-state index in [0.717, 1.165) is 0 Å². The fourth-order valence-corrected chi connectivity index (χ4v) is 3.75. The van der Waals surface area contributed by atoms with Crippen LogP contribution in [0, 0.1) is 0 Å². The number of alkyl halides is 6. The number of rotatable bonds is 3. The van der Waals surface area contributed by atoms with E-state index in [1.165, 1.54) is 0 Å². The Morgan fingerprint density at radius 1 is 1.14 bits per heavy atom. The molecule has 5 N–H and O–H groups in total. The Morgan fingerprint density at radius 2 is 1.62 bits per heavy atom. The van der Waals surface area contributed by atoms with Gasteiger partial charge in [-0.1, -0.05) is 28.4 Å². The first-order valence-electron chi connectivity index (χ1n) is 6.78. The minimum absolute atomic E-state index is 0.233. The maximum Gasteiger partial charge on any atom is 0.502 e. The summed E-state index contributed by atoms with van der Waals surface area (Å²) in [5.41, 5.74) is 1.57. The van der Waals surface area contributed by atoms with Gasteiger partial charge in [0.05, 0.1) is 15.6 Å². The predicted octanol–water partition coefficient (Wildman–Crippen LogP) is 3.17. The summed E-state index contributed by atoms with van der Waals surface area (Å²) in [6, 6.07) is 0.732. The molecule has 0 aliphatic carbocycles. The minimum Gasteiger partial charge on any atom is -0.409 e. The van der Waals surface area contributed by atoms with Gasteiger partial charge >= 0.3 is 11.7 Å². The normalized spacial score (nSPS) is 13.7. The van der Waals surface area contributed by atoms with Gasteiger partial charge in [0.15, 0.2) is 11.5 Å². The smallest absolute Gasteiger partial charge is 0.409 e. The topological polar surface area (TPSA) is 137 Å². The molecule has 2 rings (SSSR count). The third-order valence-electron chi connectivity index (χ3n) is 3.36. The molecular formula is C12H7Cl2F6N5O3S. The highest BCUT2D eigenvalue weighted by atomic mass is 35.5. The van der Waals surface area contributed by atoms with E-state index in [1.807, 2.05) is 0 Å². The zero-order chi connectivity index (χ0) is 22.5. The summed E-state index contributed by atoms with van der Waals surface area (Å²) in [4.78, 5) is -1.70. The van der Waals surface area contributed by atoms with Crippen molar-refractivity contribution in [2.75, 3.05) is 5.73 Å². The molecule has 0 unspecified atom stereocenters. The molecule has 0 fully saturated rings. The van der Waals surface area contributed by atoms with Crippen LogP contribution in [0.2, 0.25) is 10.0 Å². The average molecular weight is 486 g/mol. The molecule has 0 aliphatic rings. The van der Waals surface area contributed by atoms with Gasteiger partial charge in [0.25, 0.3) is 9.84 Å². The predicted molar refractivity (Wildman–Crippen MR) is 88.8 cm³/mol. The molecule has 29 heavy (non-hydrogen) atoms. The molecule has 17 heteroatoms. The molecule has 0 spiro atoms. The number of halogens is 8. The molecule has 0 aliphatic heterocycles. The van der Waals surface area contributed by atoms with Crippen LogP contribution in [-0.2, 0) is 16.0 Å². The molecule has 0 saturated heterocycles. The lowest BCUT2D eigenvalue weighted by molar-refractivity contribution is -0.137. The molecule has 1 aromatic heterocycles. The molecule has 0 atom stereocenters. The third kappa shape index (κ3) is 3.89. The molecule has 0 radical (unpaired) electrons. The number of nitrogens with two attached hydrogens (primary N) is 2. The first-order valence-corrected chi connectivity index (χ1v) is 9.02. The molecule has 160 valence electrons. The van der Waals surface area contributed by atoms with Crippen molar-refractivity contribution < 1.29 is 40.0 Å². The van der Waals surface area contributed by atoms with Gasteiger partial charge in [0.2, 0.25) is 0 Å². The monoisotopic (exact) mass is 485 g/mol. The van der Waals surface area contributed by atoms with Crippen molar-refractivity contribution in [1.82, 2.24) is 9.78 Å². The second-order valence-electron chi connectivity index (χ2n) is 5.20. The van der Waals surface area contributed by atoms with Crippen molar-refractivity contribution in [2.45, 2.75) is 16.6 Å². The first-order chi connectivity index (χ1) is 13.0. The Hall–Kier alpha value is -2.39. The maximum absolute atomic E-state index is 13.0. The number of nitrogens with zero attached hydrogens (tertiary/aromatic N) is 3. The van der Waals surface area contributed by atoms with Crippen LogP contribution in [0.4, 0.5) is 32.2 Å². The number of aromatic nitrogens is 2. The number of hydrogen-bond acceptors (Lipinski definition) is 6. The average Bonchev–Trinajstić information content (AvgIpc) is 2.89. The SMILES string of the molecule is N/C(=N\O)c1nn(-c2c(Cl)cc(C(F)(F)F)cc2Cl)c(N)c1S(=O)(=O)C(F)(F)F. The lowest BCUT2D eigenvalue weighted by atomic mass is 10.2. The van der Waals surface area contributed by atoms with Crippen molar-refractivity contribution in [3.05, 3.63) is 33.4 Å². The number of hydrogen-bond donors (Lipinski definition) is 3. The van der Waals surface area contributed by atoms with E-state index in [2.05, 4.69) is 10.3 Å². The van der Waals surface area contributed by atoms with Crippen molar-refractivity contribution in [3.8, 4) is 5.69 Å². The van der Waals surface area contributed by atoms with Gasteiger partial charge in [0, 0.05) is 0 Å². The molecule has 0 amide bonds. The van der Waals surface area contributed by atoms with Gasteiger partial charge in [-0.05, 0) is 12.1 Å². The Kier molecular flexibility index (Phi) is 5.64. The molecule has 8 nitrogen and oxygen atoms in total. The van der Waals surface area contributed by atoms with Crippen LogP contribution in [0.5, 0.6) is 0 Å². The number of anilines is 1. The van der Waals surface area contributed by atoms with Crippen molar-refractivity contribution >= 4 is 44.7 Å². The molecule has 2 aromatic rings. The van der Waals surface area contributed by atoms with Gasteiger partial charge in [-0.25, -0.2) is 13.1 Å². The minimum atomic E-state index is -6.18. The van der Waals surface area contributed by atoms with Crippen molar-refractivity contribution in [2.24, 2.45) is 10.9 Å². The van der Waals surface area contributed by atoms with Crippen LogP contribution in [0.25, 0.3) is 5.69 Å². The Bertz CT molecular complexity index is 1090.